The van der Waals surface area contributed by atoms with Gasteiger partial charge in [-0.3, -0.25) is 0 Å². The molecule has 0 unspecified atom stereocenters. The molecule has 3 rings (SSSR count). The second-order valence-electron chi connectivity index (χ2n) is 4.26. The summed E-state index contributed by atoms with van der Waals surface area (Å²) < 4.78 is 14.6. The van der Waals surface area contributed by atoms with E-state index in [1.807, 2.05) is 0 Å². The van der Waals surface area contributed by atoms with E-state index in [0.717, 1.165) is 0 Å². The van der Waals surface area contributed by atoms with E-state index < -0.39 is 5.97 Å². The molecule has 0 radical (unpaired) electrons. The molecule has 8 heteroatoms. The molecule has 0 aliphatic rings. The van der Waals surface area contributed by atoms with Gasteiger partial charge in [-0.25, -0.2) is 24.1 Å². The van der Waals surface area contributed by atoms with Crippen LogP contribution in [0.5, 0.6) is 0 Å². The zero-order valence-electron chi connectivity index (χ0n) is 10.7. The molecule has 0 atom stereocenters. The Labute approximate surface area is 118 Å². The van der Waals surface area contributed by atoms with Crippen molar-refractivity contribution in [2.24, 2.45) is 0 Å². The third-order valence-corrected chi connectivity index (χ3v) is 2.80. The number of carbonyl (C=O) groups is 1. The highest BCUT2D eigenvalue weighted by atomic mass is 19.1. The van der Waals surface area contributed by atoms with E-state index in [-0.39, 0.29) is 23.9 Å². The molecular formula is C13H10FN5O2. The highest BCUT2D eigenvalue weighted by Crippen LogP contribution is 2.11. The fourth-order valence-corrected chi connectivity index (χ4v) is 1.90. The van der Waals surface area contributed by atoms with Crippen molar-refractivity contribution < 1.29 is 14.3 Å². The first-order chi connectivity index (χ1) is 10.1. The minimum atomic E-state index is -1.16. The molecule has 0 aromatic carbocycles. The van der Waals surface area contributed by atoms with Gasteiger partial charge in [0.2, 0.25) is 0 Å². The molecule has 3 aromatic rings. The summed E-state index contributed by atoms with van der Waals surface area (Å²) in [4.78, 5) is 23.0. The number of aromatic nitrogens is 4. The monoisotopic (exact) mass is 287 g/mol. The molecule has 0 aliphatic carbocycles. The summed E-state index contributed by atoms with van der Waals surface area (Å²) in [6, 6.07) is 2.88. The van der Waals surface area contributed by atoms with Crippen molar-refractivity contribution in [2.75, 3.05) is 5.32 Å². The van der Waals surface area contributed by atoms with Crippen LogP contribution in [0.2, 0.25) is 0 Å². The van der Waals surface area contributed by atoms with Crippen LogP contribution in [-0.4, -0.2) is 30.4 Å². The number of carboxylic acid groups (broad SMARTS) is 1. The summed E-state index contributed by atoms with van der Waals surface area (Å²) >= 11 is 0. The third kappa shape index (κ3) is 2.64. The van der Waals surface area contributed by atoms with Gasteiger partial charge in [0.1, 0.15) is 11.5 Å². The zero-order chi connectivity index (χ0) is 14.8. The van der Waals surface area contributed by atoms with Gasteiger partial charge < -0.3 is 14.8 Å². The fraction of sp³-hybridized carbons (Fsp3) is 0.0769. The Morgan fingerprint density at radius 2 is 2.10 bits per heavy atom. The van der Waals surface area contributed by atoms with E-state index in [0.29, 0.717) is 11.3 Å². The Hall–Kier alpha value is -3.03. The second kappa shape index (κ2) is 5.16. The van der Waals surface area contributed by atoms with E-state index in [9.17, 15) is 9.18 Å². The topological polar surface area (TPSA) is 92.4 Å². The molecule has 0 saturated heterocycles. The first-order valence-electron chi connectivity index (χ1n) is 6.05. The van der Waals surface area contributed by atoms with E-state index >= 15 is 0 Å². The summed E-state index contributed by atoms with van der Waals surface area (Å²) in [5.41, 5.74) is 1.07. The largest absolute Gasteiger partial charge is 0.476 e. The first kappa shape index (κ1) is 13.0. The number of imidazole rings is 1. The highest BCUT2D eigenvalue weighted by Gasteiger charge is 2.12. The molecular weight excluding hydrogens is 277 g/mol. The molecule has 3 heterocycles. The number of hydrogen-bond donors (Lipinski definition) is 2. The number of nitrogens with zero attached hydrogens (tertiary/aromatic N) is 4. The molecule has 21 heavy (non-hydrogen) atoms. The van der Waals surface area contributed by atoms with Gasteiger partial charge in [0.25, 0.3) is 0 Å². The minimum Gasteiger partial charge on any atom is -0.476 e. The Morgan fingerprint density at radius 3 is 2.90 bits per heavy atom. The van der Waals surface area contributed by atoms with E-state index in [4.69, 9.17) is 5.11 Å². The Bertz CT molecular complexity index is 817. The van der Waals surface area contributed by atoms with Crippen LogP contribution in [0.4, 0.5) is 10.2 Å². The summed E-state index contributed by atoms with van der Waals surface area (Å²) in [5, 5.41) is 11.9. The van der Waals surface area contributed by atoms with Crippen molar-refractivity contribution in [1.82, 2.24) is 19.4 Å². The summed E-state index contributed by atoms with van der Waals surface area (Å²) in [6.07, 6.45) is 5.68. The molecule has 0 saturated carbocycles. The first-order valence-corrected chi connectivity index (χ1v) is 6.05. The van der Waals surface area contributed by atoms with Gasteiger partial charge in [0.05, 0.1) is 12.2 Å². The number of pyridine rings is 1. The smallest absolute Gasteiger partial charge is 0.358 e. The fourth-order valence-electron chi connectivity index (χ4n) is 1.90. The average Bonchev–Trinajstić information content (AvgIpc) is 2.87. The molecule has 0 bridgehead atoms. The van der Waals surface area contributed by atoms with Crippen molar-refractivity contribution >= 4 is 17.4 Å². The number of fused-ring (bicyclic) bond motifs is 1. The Kier molecular flexibility index (Phi) is 3.19. The second-order valence-corrected chi connectivity index (χ2v) is 4.26. The zero-order valence-corrected chi connectivity index (χ0v) is 10.7. The van der Waals surface area contributed by atoms with Crippen molar-refractivity contribution in [3.63, 3.8) is 0 Å². The van der Waals surface area contributed by atoms with Gasteiger partial charge in [-0.15, -0.1) is 0 Å². The lowest BCUT2D eigenvalue weighted by molar-refractivity contribution is 0.0691. The van der Waals surface area contributed by atoms with Crippen molar-refractivity contribution in [3.05, 3.63) is 54.1 Å². The SMILES string of the molecule is O=C(O)c1nccnc1NCc1cn2cc(F)ccc2n1. The van der Waals surface area contributed by atoms with Crippen LogP contribution in [0.1, 0.15) is 16.2 Å². The van der Waals surface area contributed by atoms with Gasteiger partial charge >= 0.3 is 5.97 Å². The summed E-state index contributed by atoms with van der Waals surface area (Å²) in [7, 11) is 0. The number of hydrogen-bond acceptors (Lipinski definition) is 5. The average molecular weight is 287 g/mol. The van der Waals surface area contributed by atoms with Crippen LogP contribution in [0.25, 0.3) is 5.65 Å². The lowest BCUT2D eigenvalue weighted by atomic mass is 10.4. The van der Waals surface area contributed by atoms with Crippen LogP contribution in [0.15, 0.2) is 36.9 Å². The number of rotatable bonds is 4. The van der Waals surface area contributed by atoms with Gasteiger partial charge in [0.15, 0.2) is 11.5 Å². The number of anilines is 1. The molecule has 0 aliphatic heterocycles. The van der Waals surface area contributed by atoms with Gasteiger partial charge in [-0.1, -0.05) is 0 Å². The molecule has 7 nitrogen and oxygen atoms in total. The maximum Gasteiger partial charge on any atom is 0.358 e. The molecule has 106 valence electrons. The van der Waals surface area contributed by atoms with E-state index in [1.54, 1.807) is 16.7 Å². The molecule has 2 N–H and O–H groups in total. The highest BCUT2D eigenvalue weighted by molar-refractivity contribution is 5.90. The molecule has 3 aromatic heterocycles. The summed E-state index contributed by atoms with van der Waals surface area (Å²) in [6.45, 7) is 0.252. The Balaban J connectivity index is 1.82. The van der Waals surface area contributed by atoms with Crippen LogP contribution in [-0.2, 0) is 6.54 Å². The lowest BCUT2D eigenvalue weighted by Crippen LogP contribution is -2.10. The molecule has 0 amide bonds. The van der Waals surface area contributed by atoms with Crippen LogP contribution in [0, 0.1) is 5.82 Å². The van der Waals surface area contributed by atoms with E-state index in [1.165, 1.54) is 24.7 Å². The number of halogens is 1. The van der Waals surface area contributed by atoms with Crippen LogP contribution >= 0.6 is 0 Å². The van der Waals surface area contributed by atoms with E-state index in [2.05, 4.69) is 20.3 Å². The lowest BCUT2D eigenvalue weighted by Gasteiger charge is -2.05. The van der Waals surface area contributed by atoms with Gasteiger partial charge in [-0.05, 0) is 12.1 Å². The van der Waals surface area contributed by atoms with Gasteiger partial charge in [0, 0.05) is 24.8 Å². The van der Waals surface area contributed by atoms with Crippen molar-refractivity contribution in [3.8, 4) is 0 Å². The molecule has 0 fully saturated rings. The third-order valence-electron chi connectivity index (χ3n) is 2.80. The number of nitrogens with one attached hydrogen (secondary N) is 1. The van der Waals surface area contributed by atoms with Crippen LogP contribution < -0.4 is 5.32 Å². The van der Waals surface area contributed by atoms with Gasteiger partial charge in [-0.2, -0.15) is 0 Å². The quantitative estimate of drug-likeness (QED) is 0.756. The minimum absolute atomic E-state index is 0.160. The van der Waals surface area contributed by atoms with Crippen LogP contribution in [0.3, 0.4) is 0 Å². The Morgan fingerprint density at radius 1 is 1.29 bits per heavy atom. The predicted octanol–water partition coefficient (Wildman–Crippen LogP) is 1.57. The maximum absolute atomic E-state index is 13.1. The predicted molar refractivity (Wildman–Crippen MR) is 71.5 cm³/mol. The normalized spacial score (nSPS) is 10.7. The number of aromatic carboxylic acids is 1. The summed E-state index contributed by atoms with van der Waals surface area (Å²) in [5.74, 6) is -1.36. The molecule has 0 spiro atoms. The van der Waals surface area contributed by atoms with Crippen molar-refractivity contribution in [2.45, 2.75) is 6.54 Å². The van der Waals surface area contributed by atoms with Crippen molar-refractivity contribution in [1.29, 1.82) is 0 Å². The maximum atomic E-state index is 13.1. The number of carboxylic acids is 1. The standard InChI is InChI=1S/C13H10FN5O2/c14-8-1-2-10-18-9(7-19(10)6-8)5-17-12-11(13(20)21)15-3-4-16-12/h1-4,6-7H,5H2,(H,16,17)(H,20,21).